The molecule has 130 valence electrons. The van der Waals surface area contributed by atoms with Gasteiger partial charge in [-0.3, -0.25) is 9.36 Å². The van der Waals surface area contributed by atoms with Crippen LogP contribution in [0.3, 0.4) is 0 Å². The van der Waals surface area contributed by atoms with E-state index in [-0.39, 0.29) is 11.9 Å². The lowest BCUT2D eigenvalue weighted by atomic mass is 9.97. The van der Waals surface area contributed by atoms with Crippen molar-refractivity contribution in [3.05, 3.63) is 22.3 Å². The average molecular weight is 368 g/mol. The second-order valence-corrected chi connectivity index (χ2v) is 7.35. The van der Waals surface area contributed by atoms with E-state index in [0.29, 0.717) is 0 Å². The zero-order chi connectivity index (χ0) is 17.1. The average Bonchev–Trinajstić information content (AvgIpc) is 3.23. The molecule has 24 heavy (non-hydrogen) atoms. The highest BCUT2D eigenvalue weighted by Gasteiger charge is 2.28. The first kappa shape index (κ1) is 17.3. The normalized spacial score (nSPS) is 20.9. The maximum atomic E-state index is 11.6. The molecule has 8 heteroatoms. The van der Waals surface area contributed by atoms with Crippen molar-refractivity contribution in [2.24, 2.45) is 5.92 Å². The number of rotatable bonds is 5. The van der Waals surface area contributed by atoms with Gasteiger partial charge in [-0.1, -0.05) is 6.07 Å². The lowest BCUT2D eigenvalue weighted by molar-refractivity contribution is -0.929. The first-order valence-corrected chi connectivity index (χ1v) is 9.55. The van der Waals surface area contributed by atoms with Crippen molar-refractivity contribution < 1.29 is 14.4 Å². The third-order valence-corrected chi connectivity index (χ3v) is 5.88. The molecule has 0 spiro atoms. The number of esters is 1. The molecule has 1 fully saturated rings. The quantitative estimate of drug-likeness (QED) is 0.644. The summed E-state index contributed by atoms with van der Waals surface area (Å²) >= 11 is 7.30. The third-order valence-electron chi connectivity index (χ3n) is 4.58. The molecule has 0 atom stereocenters. The molecule has 1 aliphatic heterocycles. The van der Waals surface area contributed by atoms with Gasteiger partial charge in [0.1, 0.15) is 0 Å². The molecule has 1 saturated heterocycles. The number of nitrogens with one attached hydrogen (secondary N) is 1. The van der Waals surface area contributed by atoms with Crippen LogP contribution < -0.4 is 4.90 Å². The first-order chi connectivity index (χ1) is 11.6. The number of thiophene rings is 1. The number of carbonyl (C=O) groups is 1. The molecule has 1 aliphatic rings. The van der Waals surface area contributed by atoms with Gasteiger partial charge in [0.2, 0.25) is 4.77 Å². The van der Waals surface area contributed by atoms with Crippen molar-refractivity contribution in [3.8, 4) is 10.7 Å². The van der Waals surface area contributed by atoms with Gasteiger partial charge in [0, 0.05) is 19.4 Å². The highest BCUT2D eigenvalue weighted by molar-refractivity contribution is 7.71. The Balaban J connectivity index is 1.73. The van der Waals surface area contributed by atoms with Gasteiger partial charge in [0.15, 0.2) is 12.5 Å². The fourth-order valence-electron chi connectivity index (χ4n) is 3.22. The van der Waals surface area contributed by atoms with E-state index < -0.39 is 0 Å². The number of quaternary nitrogens is 1. The zero-order valence-corrected chi connectivity index (χ0v) is 15.7. The summed E-state index contributed by atoms with van der Waals surface area (Å²) in [5.74, 6) is 0.906. The Morgan fingerprint density at radius 1 is 1.50 bits per heavy atom. The van der Waals surface area contributed by atoms with E-state index in [1.807, 2.05) is 10.7 Å². The van der Waals surface area contributed by atoms with Crippen molar-refractivity contribution in [1.29, 1.82) is 0 Å². The van der Waals surface area contributed by atoms with Gasteiger partial charge in [0.05, 0.1) is 31.0 Å². The number of likely N-dealkylation sites (tertiary alicyclic amines) is 1. The predicted molar refractivity (Wildman–Crippen MR) is 95.5 cm³/mol. The lowest BCUT2D eigenvalue weighted by Crippen LogP contribution is -3.12. The maximum absolute atomic E-state index is 11.6. The highest BCUT2D eigenvalue weighted by atomic mass is 32.1. The SMILES string of the molecule is CCn1c(-c2cccs2)nn(C[NH+]2CCC(C(=O)OC)CC2)c1=S. The van der Waals surface area contributed by atoms with Gasteiger partial charge in [-0.25, -0.2) is 0 Å². The van der Waals surface area contributed by atoms with Crippen LogP contribution in [0.2, 0.25) is 0 Å². The summed E-state index contributed by atoms with van der Waals surface area (Å²) < 4.78 is 9.64. The minimum atomic E-state index is -0.0825. The number of aromatic nitrogens is 3. The molecular formula is C16H23N4O2S2+. The van der Waals surface area contributed by atoms with Crippen molar-refractivity contribution in [3.63, 3.8) is 0 Å². The summed E-state index contributed by atoms with van der Waals surface area (Å²) in [6, 6.07) is 4.11. The summed E-state index contributed by atoms with van der Waals surface area (Å²) in [5, 5.41) is 6.82. The van der Waals surface area contributed by atoms with E-state index in [1.54, 1.807) is 11.3 Å². The molecule has 0 unspecified atom stereocenters. The Labute approximate surface area is 150 Å². The van der Waals surface area contributed by atoms with E-state index in [2.05, 4.69) is 22.9 Å². The summed E-state index contributed by atoms with van der Waals surface area (Å²) in [6.45, 7) is 5.53. The minimum absolute atomic E-state index is 0.0431. The lowest BCUT2D eigenvalue weighted by Gasteiger charge is -2.27. The first-order valence-electron chi connectivity index (χ1n) is 8.27. The van der Waals surface area contributed by atoms with Crippen LogP contribution in [0.4, 0.5) is 0 Å². The second kappa shape index (κ2) is 7.58. The van der Waals surface area contributed by atoms with Crippen molar-refractivity contribution >= 4 is 29.5 Å². The molecule has 2 aromatic heterocycles. The smallest absolute Gasteiger partial charge is 0.309 e. The molecule has 0 amide bonds. The summed E-state index contributed by atoms with van der Waals surface area (Å²) in [7, 11) is 1.46. The predicted octanol–water partition coefficient (Wildman–Crippen LogP) is 1.59. The summed E-state index contributed by atoms with van der Waals surface area (Å²) in [6.07, 6.45) is 1.73. The van der Waals surface area contributed by atoms with Gasteiger partial charge in [-0.2, -0.15) is 4.68 Å². The Kier molecular flexibility index (Phi) is 5.47. The van der Waals surface area contributed by atoms with E-state index in [0.717, 1.165) is 54.6 Å². The van der Waals surface area contributed by atoms with Crippen LogP contribution in [0.25, 0.3) is 10.7 Å². The topological polar surface area (TPSA) is 53.5 Å². The van der Waals surface area contributed by atoms with Crippen molar-refractivity contribution in [2.75, 3.05) is 20.2 Å². The molecule has 1 N–H and O–H groups in total. The largest absolute Gasteiger partial charge is 0.469 e. The minimum Gasteiger partial charge on any atom is -0.469 e. The third kappa shape index (κ3) is 3.45. The molecule has 0 bridgehead atoms. The van der Waals surface area contributed by atoms with Gasteiger partial charge < -0.3 is 9.64 Å². The van der Waals surface area contributed by atoms with E-state index in [1.165, 1.54) is 12.0 Å². The monoisotopic (exact) mass is 367 g/mol. The van der Waals surface area contributed by atoms with Crippen molar-refractivity contribution in [2.45, 2.75) is 33.0 Å². The van der Waals surface area contributed by atoms with Gasteiger partial charge >= 0.3 is 5.97 Å². The molecule has 3 rings (SSSR count). The molecule has 0 aromatic carbocycles. The standard InChI is InChI=1S/C16H22N4O2S2/c1-3-19-14(13-5-4-10-24-13)17-20(16(19)23)11-18-8-6-12(7-9-18)15(21)22-2/h4-5,10,12H,3,6-9,11H2,1-2H3/p+1. The number of carbonyl (C=O) groups excluding carboxylic acids is 1. The molecule has 2 aromatic rings. The Hall–Kier alpha value is -1.51. The Morgan fingerprint density at radius 3 is 2.83 bits per heavy atom. The number of hydrogen-bond donors (Lipinski definition) is 1. The molecule has 6 nitrogen and oxygen atoms in total. The van der Waals surface area contributed by atoms with Crippen LogP contribution in [0.15, 0.2) is 17.5 Å². The fourth-order valence-corrected chi connectivity index (χ4v) is 4.25. The molecular weight excluding hydrogens is 344 g/mol. The van der Waals surface area contributed by atoms with Crippen molar-refractivity contribution in [1.82, 2.24) is 14.3 Å². The van der Waals surface area contributed by atoms with E-state index in [4.69, 9.17) is 22.1 Å². The number of piperidine rings is 1. The number of methoxy groups -OCH3 is 1. The maximum Gasteiger partial charge on any atom is 0.309 e. The highest BCUT2D eigenvalue weighted by Crippen LogP contribution is 2.23. The van der Waals surface area contributed by atoms with Gasteiger partial charge in [-0.15, -0.1) is 16.4 Å². The van der Waals surface area contributed by atoms with E-state index >= 15 is 0 Å². The van der Waals surface area contributed by atoms with Gasteiger partial charge in [0.25, 0.3) is 0 Å². The fraction of sp³-hybridized carbons (Fsp3) is 0.562. The van der Waals surface area contributed by atoms with Crippen LogP contribution in [0.5, 0.6) is 0 Å². The molecule has 0 radical (unpaired) electrons. The molecule has 3 heterocycles. The number of nitrogens with zero attached hydrogens (tertiary/aromatic N) is 3. The number of ether oxygens (including phenoxy) is 1. The van der Waals surface area contributed by atoms with Gasteiger partial charge in [-0.05, 0) is 30.6 Å². The van der Waals surface area contributed by atoms with E-state index in [9.17, 15) is 4.79 Å². The Morgan fingerprint density at radius 2 is 2.25 bits per heavy atom. The molecule has 0 aliphatic carbocycles. The zero-order valence-electron chi connectivity index (χ0n) is 14.0. The van der Waals surface area contributed by atoms with Crippen LogP contribution in [-0.2, 0) is 22.7 Å². The second-order valence-electron chi connectivity index (χ2n) is 6.03. The van der Waals surface area contributed by atoms with Crippen LogP contribution in [-0.4, -0.2) is 40.5 Å². The summed E-state index contributed by atoms with van der Waals surface area (Å²) in [4.78, 5) is 14.2. The van der Waals surface area contributed by atoms with Crippen LogP contribution in [0.1, 0.15) is 19.8 Å². The van der Waals surface area contributed by atoms with Crippen LogP contribution in [0, 0.1) is 10.7 Å². The Bertz CT molecular complexity index is 743. The van der Waals surface area contributed by atoms with Crippen LogP contribution >= 0.6 is 23.6 Å². The number of hydrogen-bond acceptors (Lipinski definition) is 5. The molecule has 0 saturated carbocycles. The summed E-state index contributed by atoms with van der Waals surface area (Å²) in [5.41, 5.74) is 0.